The molecule has 0 atom stereocenters. The monoisotopic (exact) mass is 244 g/mol. The van der Waals surface area contributed by atoms with Crippen molar-refractivity contribution in [1.82, 2.24) is 15.2 Å². The smallest absolute Gasteiger partial charge is 0.254 e. The summed E-state index contributed by atoms with van der Waals surface area (Å²) in [7, 11) is 2.08. The Morgan fingerprint density at radius 2 is 2.28 bits per heavy atom. The first-order chi connectivity index (χ1) is 8.70. The van der Waals surface area contributed by atoms with E-state index < -0.39 is 0 Å². The molecular formula is C13H16N4O. The second kappa shape index (κ2) is 5.61. The molecule has 2 rings (SSSR count). The van der Waals surface area contributed by atoms with Crippen LogP contribution in [0.25, 0.3) is 0 Å². The number of hydrogen-bond acceptors (Lipinski definition) is 4. The van der Waals surface area contributed by atoms with Crippen molar-refractivity contribution in [1.29, 1.82) is 5.26 Å². The molecule has 2 heterocycles. The lowest BCUT2D eigenvalue weighted by Crippen LogP contribution is -2.43. The molecule has 1 saturated heterocycles. The lowest BCUT2D eigenvalue weighted by atomic mass is 10.0. The summed E-state index contributed by atoms with van der Waals surface area (Å²) in [5.41, 5.74) is 0.731. The number of pyridine rings is 1. The first-order valence-electron chi connectivity index (χ1n) is 6.04. The third kappa shape index (κ3) is 2.84. The highest BCUT2D eigenvalue weighted by Gasteiger charge is 2.20. The summed E-state index contributed by atoms with van der Waals surface area (Å²) in [6.07, 6.45) is 4.86. The minimum absolute atomic E-state index is 0.195. The van der Waals surface area contributed by atoms with E-state index in [9.17, 15) is 4.79 Å². The van der Waals surface area contributed by atoms with Crippen LogP contribution >= 0.6 is 0 Å². The maximum atomic E-state index is 12.1. The molecule has 0 aromatic carbocycles. The summed E-state index contributed by atoms with van der Waals surface area (Å²) in [5.74, 6) is -0.200. The largest absolute Gasteiger partial charge is 0.349 e. The van der Waals surface area contributed by atoms with Crippen LogP contribution in [0.2, 0.25) is 0 Å². The fraction of sp³-hybridized carbons (Fsp3) is 0.462. The molecule has 18 heavy (non-hydrogen) atoms. The molecule has 0 unspecified atom stereocenters. The van der Waals surface area contributed by atoms with Crippen LogP contribution in [0.5, 0.6) is 0 Å². The summed E-state index contributed by atoms with van der Waals surface area (Å²) in [5, 5.41) is 11.9. The molecule has 1 aliphatic heterocycles. The molecule has 1 N–H and O–H groups in total. The number of nitrogens with zero attached hydrogens (tertiary/aromatic N) is 3. The van der Waals surface area contributed by atoms with Crippen LogP contribution in [0.1, 0.15) is 28.8 Å². The van der Waals surface area contributed by atoms with Gasteiger partial charge in [0, 0.05) is 18.4 Å². The maximum Gasteiger partial charge on any atom is 0.254 e. The molecule has 5 heteroatoms. The van der Waals surface area contributed by atoms with Crippen LogP contribution in [0.4, 0.5) is 0 Å². The zero-order valence-corrected chi connectivity index (χ0v) is 10.4. The first kappa shape index (κ1) is 12.5. The van der Waals surface area contributed by atoms with Gasteiger partial charge in [-0.25, -0.2) is 0 Å². The highest BCUT2D eigenvalue weighted by atomic mass is 16.1. The number of carbonyl (C=O) groups is 1. The van der Waals surface area contributed by atoms with Gasteiger partial charge >= 0.3 is 0 Å². The number of carbonyl (C=O) groups excluding carboxylic acids is 1. The molecule has 5 nitrogen and oxygen atoms in total. The number of likely N-dealkylation sites (tertiary alicyclic amines) is 1. The summed E-state index contributed by atoms with van der Waals surface area (Å²) >= 11 is 0. The minimum atomic E-state index is -0.200. The molecule has 94 valence electrons. The maximum absolute atomic E-state index is 12.1. The second-order valence-corrected chi connectivity index (χ2v) is 4.58. The highest BCUT2D eigenvalue weighted by Crippen LogP contribution is 2.11. The third-order valence-corrected chi connectivity index (χ3v) is 3.24. The average Bonchev–Trinajstić information content (AvgIpc) is 2.41. The Morgan fingerprint density at radius 3 is 2.94 bits per heavy atom. The number of nitriles is 1. The zero-order chi connectivity index (χ0) is 13.0. The Kier molecular flexibility index (Phi) is 3.90. The van der Waals surface area contributed by atoms with E-state index in [0.717, 1.165) is 25.9 Å². The number of piperidine rings is 1. The van der Waals surface area contributed by atoms with E-state index in [1.807, 2.05) is 6.07 Å². The fourth-order valence-electron chi connectivity index (χ4n) is 2.09. The molecule has 0 spiro atoms. The quantitative estimate of drug-likeness (QED) is 0.834. The number of hydrogen-bond donors (Lipinski definition) is 1. The van der Waals surface area contributed by atoms with Crippen molar-refractivity contribution in [2.75, 3.05) is 20.1 Å². The van der Waals surface area contributed by atoms with Gasteiger partial charge < -0.3 is 10.2 Å². The molecule has 1 aliphatic rings. The van der Waals surface area contributed by atoms with Gasteiger partial charge in [-0.15, -0.1) is 0 Å². The van der Waals surface area contributed by atoms with Crippen LogP contribution in [0, 0.1) is 11.3 Å². The molecule has 1 aromatic rings. The van der Waals surface area contributed by atoms with Crippen molar-refractivity contribution in [2.24, 2.45) is 0 Å². The minimum Gasteiger partial charge on any atom is -0.349 e. The normalized spacial score (nSPS) is 17.1. The Labute approximate surface area is 106 Å². The van der Waals surface area contributed by atoms with Gasteiger partial charge in [-0.1, -0.05) is 0 Å². The Balaban J connectivity index is 2.02. The van der Waals surface area contributed by atoms with Crippen LogP contribution in [-0.4, -0.2) is 42.0 Å². The number of nitrogens with one attached hydrogen (secondary N) is 1. The van der Waals surface area contributed by atoms with Crippen molar-refractivity contribution < 1.29 is 4.79 Å². The summed E-state index contributed by atoms with van der Waals surface area (Å²) < 4.78 is 0. The molecule has 0 bridgehead atoms. The molecule has 0 saturated carbocycles. The first-order valence-corrected chi connectivity index (χ1v) is 6.04. The van der Waals surface area contributed by atoms with Gasteiger partial charge in [0.05, 0.1) is 11.1 Å². The zero-order valence-electron chi connectivity index (χ0n) is 10.4. The van der Waals surface area contributed by atoms with E-state index in [-0.39, 0.29) is 11.9 Å². The van der Waals surface area contributed by atoms with Gasteiger partial charge in [0.25, 0.3) is 5.91 Å². The average molecular weight is 244 g/mol. The number of aromatic nitrogens is 1. The van der Waals surface area contributed by atoms with E-state index in [4.69, 9.17) is 5.26 Å². The van der Waals surface area contributed by atoms with Crippen molar-refractivity contribution >= 4 is 5.91 Å². The van der Waals surface area contributed by atoms with Crippen LogP contribution in [0.15, 0.2) is 18.5 Å². The number of amides is 1. The summed E-state index contributed by atoms with van der Waals surface area (Å²) in [6, 6.07) is 3.77. The van der Waals surface area contributed by atoms with Gasteiger partial charge in [0.15, 0.2) is 0 Å². The predicted molar refractivity (Wildman–Crippen MR) is 66.9 cm³/mol. The Morgan fingerprint density at radius 1 is 1.56 bits per heavy atom. The van der Waals surface area contributed by atoms with Crippen LogP contribution in [0.3, 0.4) is 0 Å². The van der Waals surface area contributed by atoms with E-state index in [1.54, 1.807) is 6.07 Å². The van der Waals surface area contributed by atoms with Gasteiger partial charge in [-0.05, 0) is 39.0 Å². The van der Waals surface area contributed by atoms with Gasteiger partial charge in [-0.3, -0.25) is 9.78 Å². The van der Waals surface area contributed by atoms with Gasteiger partial charge in [-0.2, -0.15) is 5.26 Å². The molecular weight excluding hydrogens is 228 g/mol. The second-order valence-electron chi connectivity index (χ2n) is 4.58. The fourth-order valence-corrected chi connectivity index (χ4v) is 2.09. The molecule has 0 aliphatic carbocycles. The highest BCUT2D eigenvalue weighted by molar-refractivity contribution is 5.96. The lowest BCUT2D eigenvalue weighted by Gasteiger charge is -2.29. The Hall–Kier alpha value is -1.93. The Bertz CT molecular complexity index is 472. The van der Waals surface area contributed by atoms with Crippen LogP contribution < -0.4 is 5.32 Å². The lowest BCUT2D eigenvalue weighted by molar-refractivity contribution is 0.0916. The summed E-state index contributed by atoms with van der Waals surface area (Å²) in [4.78, 5) is 18.2. The summed E-state index contributed by atoms with van der Waals surface area (Å²) in [6.45, 7) is 1.98. The number of rotatable bonds is 2. The third-order valence-electron chi connectivity index (χ3n) is 3.24. The van der Waals surface area contributed by atoms with E-state index in [2.05, 4.69) is 22.2 Å². The molecule has 0 radical (unpaired) electrons. The standard InChI is InChI=1S/C13H16N4O/c1-17-6-3-11(4-7-17)16-13(18)12-9-15-5-2-10(12)8-14/h2,5,9,11H,3-4,6-7H2,1H3,(H,16,18). The van der Waals surface area contributed by atoms with Crippen molar-refractivity contribution in [3.05, 3.63) is 29.6 Å². The van der Waals surface area contributed by atoms with E-state index in [0.29, 0.717) is 11.1 Å². The molecule has 1 amide bonds. The molecule has 1 fully saturated rings. The predicted octanol–water partition coefficient (Wildman–Crippen LogP) is 0.777. The molecule has 1 aromatic heterocycles. The van der Waals surface area contributed by atoms with Crippen molar-refractivity contribution in [3.8, 4) is 6.07 Å². The van der Waals surface area contributed by atoms with Crippen molar-refractivity contribution in [2.45, 2.75) is 18.9 Å². The SMILES string of the molecule is CN1CCC(NC(=O)c2cnccc2C#N)CC1. The van der Waals surface area contributed by atoms with E-state index in [1.165, 1.54) is 12.4 Å². The van der Waals surface area contributed by atoms with E-state index >= 15 is 0 Å². The van der Waals surface area contributed by atoms with Crippen molar-refractivity contribution in [3.63, 3.8) is 0 Å². The topological polar surface area (TPSA) is 69.0 Å². The van der Waals surface area contributed by atoms with Gasteiger partial charge in [0.2, 0.25) is 0 Å². The van der Waals surface area contributed by atoms with Crippen LogP contribution in [-0.2, 0) is 0 Å². The van der Waals surface area contributed by atoms with Gasteiger partial charge in [0.1, 0.15) is 6.07 Å².